The first kappa shape index (κ1) is 20.7. The molecule has 0 saturated carbocycles. The van der Waals surface area contributed by atoms with Gasteiger partial charge in [0.1, 0.15) is 18.3 Å². The van der Waals surface area contributed by atoms with E-state index in [1.807, 2.05) is 36.4 Å². The fourth-order valence-electron chi connectivity index (χ4n) is 3.59. The van der Waals surface area contributed by atoms with Gasteiger partial charge in [-0.05, 0) is 29.2 Å². The third-order valence-corrected chi connectivity index (χ3v) is 5.92. The van der Waals surface area contributed by atoms with Crippen molar-refractivity contribution < 1.29 is 19.1 Å². The minimum Gasteiger partial charge on any atom is -0.449 e. The molecule has 0 fully saturated rings. The van der Waals surface area contributed by atoms with Crippen molar-refractivity contribution in [1.82, 2.24) is 10.3 Å². The van der Waals surface area contributed by atoms with Crippen molar-refractivity contribution >= 4 is 34.3 Å². The number of rotatable bonds is 6. The lowest BCUT2D eigenvalue weighted by Gasteiger charge is -2.16. The van der Waals surface area contributed by atoms with E-state index in [0.717, 1.165) is 33.6 Å². The standard InChI is InChI=1S/C23H21N3O4S/c1-13(21(28)26-22-25-20(12-31-22)14(2)27)24-23(29)30-11-19-17-9-5-3-7-15(17)16-8-4-6-10-18(16)19/h3-10,12-13,19H,11H2,1-2H3,(H,24,29)(H,25,26,28)/t13-/m1/s1. The highest BCUT2D eigenvalue weighted by molar-refractivity contribution is 7.14. The highest BCUT2D eigenvalue weighted by Gasteiger charge is 2.29. The van der Waals surface area contributed by atoms with Crippen molar-refractivity contribution in [1.29, 1.82) is 0 Å². The first-order valence-corrected chi connectivity index (χ1v) is 10.7. The lowest BCUT2D eigenvalue weighted by atomic mass is 9.98. The van der Waals surface area contributed by atoms with Crippen LogP contribution in [0, 0.1) is 0 Å². The Labute approximate surface area is 183 Å². The fourth-order valence-corrected chi connectivity index (χ4v) is 4.34. The first-order chi connectivity index (χ1) is 14.9. The topological polar surface area (TPSA) is 97.4 Å². The van der Waals surface area contributed by atoms with Crippen LogP contribution >= 0.6 is 11.3 Å². The van der Waals surface area contributed by atoms with Gasteiger partial charge in [0.2, 0.25) is 5.91 Å². The van der Waals surface area contributed by atoms with Gasteiger partial charge >= 0.3 is 6.09 Å². The Hall–Kier alpha value is -3.52. The highest BCUT2D eigenvalue weighted by Crippen LogP contribution is 2.44. The van der Waals surface area contributed by atoms with Crippen LogP contribution in [-0.4, -0.2) is 35.4 Å². The number of nitrogens with zero attached hydrogens (tertiary/aromatic N) is 1. The summed E-state index contributed by atoms with van der Waals surface area (Å²) >= 11 is 1.15. The average molecular weight is 436 g/mol. The zero-order chi connectivity index (χ0) is 22.0. The van der Waals surface area contributed by atoms with Crippen LogP contribution in [0.2, 0.25) is 0 Å². The molecule has 1 aliphatic carbocycles. The molecular formula is C23H21N3O4S. The number of aromatic nitrogens is 1. The summed E-state index contributed by atoms with van der Waals surface area (Å²) in [7, 11) is 0. The van der Waals surface area contributed by atoms with Crippen molar-refractivity contribution in [3.05, 3.63) is 70.7 Å². The second-order valence-corrected chi connectivity index (χ2v) is 8.13. The Morgan fingerprint density at radius 1 is 1.06 bits per heavy atom. The van der Waals surface area contributed by atoms with Crippen LogP contribution in [0.15, 0.2) is 53.9 Å². The van der Waals surface area contributed by atoms with Crippen molar-refractivity contribution in [2.24, 2.45) is 0 Å². The maximum Gasteiger partial charge on any atom is 0.407 e. The van der Waals surface area contributed by atoms with E-state index in [1.54, 1.807) is 12.3 Å². The molecule has 1 aromatic heterocycles. The SMILES string of the molecule is CC(=O)c1csc(NC(=O)[C@@H](C)NC(=O)OCC2c3ccccc3-c3ccccc32)n1. The molecule has 158 valence electrons. The van der Waals surface area contributed by atoms with Gasteiger partial charge < -0.3 is 15.4 Å². The number of alkyl carbamates (subject to hydrolysis) is 1. The van der Waals surface area contributed by atoms with Crippen molar-refractivity contribution in [2.75, 3.05) is 11.9 Å². The predicted molar refractivity (Wildman–Crippen MR) is 118 cm³/mol. The number of nitrogens with one attached hydrogen (secondary N) is 2. The minimum absolute atomic E-state index is 0.0531. The molecule has 2 aromatic carbocycles. The number of ether oxygens (including phenoxy) is 1. The summed E-state index contributed by atoms with van der Waals surface area (Å²) in [5.41, 5.74) is 4.82. The maximum absolute atomic E-state index is 12.3. The van der Waals surface area contributed by atoms with E-state index in [4.69, 9.17) is 4.74 Å². The highest BCUT2D eigenvalue weighted by atomic mass is 32.1. The molecule has 0 spiro atoms. The van der Waals surface area contributed by atoms with Gasteiger partial charge in [0.05, 0.1) is 0 Å². The lowest BCUT2D eigenvalue weighted by molar-refractivity contribution is -0.117. The molecule has 0 aliphatic heterocycles. The van der Waals surface area contributed by atoms with Gasteiger partial charge in [-0.2, -0.15) is 0 Å². The zero-order valence-corrected chi connectivity index (χ0v) is 17.9. The average Bonchev–Trinajstić information content (AvgIpc) is 3.35. The molecule has 0 radical (unpaired) electrons. The number of ketones is 1. The van der Waals surface area contributed by atoms with Gasteiger partial charge in [0, 0.05) is 18.2 Å². The molecule has 0 unspecified atom stereocenters. The minimum atomic E-state index is -0.833. The second kappa shape index (κ2) is 8.69. The molecular weight excluding hydrogens is 414 g/mol. The van der Waals surface area contributed by atoms with E-state index >= 15 is 0 Å². The monoisotopic (exact) mass is 435 g/mol. The van der Waals surface area contributed by atoms with Gasteiger partial charge in [-0.3, -0.25) is 9.59 Å². The molecule has 1 aliphatic rings. The summed E-state index contributed by atoms with van der Waals surface area (Å²) < 4.78 is 5.46. The van der Waals surface area contributed by atoms with Crippen molar-refractivity contribution in [3.63, 3.8) is 0 Å². The summed E-state index contributed by atoms with van der Waals surface area (Å²) in [5.74, 6) is -0.679. The van der Waals surface area contributed by atoms with E-state index in [0.29, 0.717) is 5.13 Å². The summed E-state index contributed by atoms with van der Waals surface area (Å²) in [6.07, 6.45) is -0.673. The molecule has 8 heteroatoms. The maximum atomic E-state index is 12.3. The van der Waals surface area contributed by atoms with Crippen LogP contribution in [-0.2, 0) is 9.53 Å². The van der Waals surface area contributed by atoms with Crippen LogP contribution in [0.1, 0.15) is 41.4 Å². The number of Topliss-reactive ketones (excluding diaryl/α,β-unsaturated/α-hetero) is 1. The molecule has 3 aromatic rings. The normalized spacial score (nSPS) is 13.1. The van der Waals surface area contributed by atoms with Gasteiger partial charge in [0.15, 0.2) is 10.9 Å². The summed E-state index contributed by atoms with van der Waals surface area (Å²) in [5, 5.41) is 7.00. The van der Waals surface area contributed by atoms with Crippen LogP contribution in [0.3, 0.4) is 0 Å². The van der Waals surface area contributed by atoms with Crippen molar-refractivity contribution in [3.8, 4) is 11.1 Å². The third kappa shape index (κ3) is 4.34. The molecule has 2 amide bonds. The summed E-state index contributed by atoms with van der Waals surface area (Å²) in [6.45, 7) is 3.13. The van der Waals surface area contributed by atoms with Gasteiger partial charge in [-0.1, -0.05) is 48.5 Å². The van der Waals surface area contributed by atoms with Crippen molar-refractivity contribution in [2.45, 2.75) is 25.8 Å². The summed E-state index contributed by atoms with van der Waals surface area (Å²) in [4.78, 5) is 40.0. The predicted octanol–water partition coefficient (Wildman–Crippen LogP) is 4.21. The largest absolute Gasteiger partial charge is 0.449 e. The van der Waals surface area contributed by atoms with Gasteiger partial charge in [-0.15, -0.1) is 11.3 Å². The fraction of sp³-hybridized carbons (Fsp3) is 0.217. The third-order valence-electron chi connectivity index (χ3n) is 5.17. The van der Waals surface area contributed by atoms with E-state index in [-0.39, 0.29) is 24.0 Å². The Balaban J connectivity index is 1.35. The van der Waals surface area contributed by atoms with Crippen LogP contribution in [0.5, 0.6) is 0 Å². The van der Waals surface area contributed by atoms with Crippen LogP contribution in [0.4, 0.5) is 9.93 Å². The Morgan fingerprint density at radius 3 is 2.26 bits per heavy atom. The number of hydrogen-bond donors (Lipinski definition) is 2. The quantitative estimate of drug-likeness (QED) is 0.565. The number of benzene rings is 2. The molecule has 1 heterocycles. The van der Waals surface area contributed by atoms with E-state index in [2.05, 4.69) is 27.8 Å². The van der Waals surface area contributed by atoms with Gasteiger partial charge in [0.25, 0.3) is 0 Å². The van der Waals surface area contributed by atoms with Crippen LogP contribution < -0.4 is 10.6 Å². The molecule has 7 nitrogen and oxygen atoms in total. The number of hydrogen-bond acceptors (Lipinski definition) is 6. The molecule has 31 heavy (non-hydrogen) atoms. The smallest absolute Gasteiger partial charge is 0.407 e. The Bertz CT molecular complexity index is 1110. The number of anilines is 1. The first-order valence-electron chi connectivity index (χ1n) is 9.83. The van der Waals surface area contributed by atoms with Crippen LogP contribution in [0.25, 0.3) is 11.1 Å². The second-order valence-electron chi connectivity index (χ2n) is 7.27. The van der Waals surface area contributed by atoms with E-state index in [1.165, 1.54) is 6.92 Å². The zero-order valence-electron chi connectivity index (χ0n) is 17.0. The van der Waals surface area contributed by atoms with Gasteiger partial charge in [-0.25, -0.2) is 9.78 Å². The molecule has 1 atom stereocenters. The van der Waals surface area contributed by atoms with E-state index < -0.39 is 18.0 Å². The Kier molecular flexibility index (Phi) is 5.81. The number of thiazole rings is 1. The number of fused-ring (bicyclic) bond motifs is 3. The summed E-state index contributed by atoms with van der Waals surface area (Å²) in [6, 6.07) is 15.3. The number of amides is 2. The molecule has 0 bridgehead atoms. The number of carbonyl (C=O) groups is 3. The number of carbonyl (C=O) groups excluding carboxylic acids is 3. The van der Waals surface area contributed by atoms with E-state index in [9.17, 15) is 14.4 Å². The lowest BCUT2D eigenvalue weighted by Crippen LogP contribution is -2.42. The molecule has 0 saturated heterocycles. The molecule has 2 N–H and O–H groups in total. The molecule has 4 rings (SSSR count). The Morgan fingerprint density at radius 2 is 1.68 bits per heavy atom.